The summed E-state index contributed by atoms with van der Waals surface area (Å²) in [4.78, 5) is 10.9. The molecule has 0 saturated heterocycles. The normalized spacial score (nSPS) is 14.4. The van der Waals surface area contributed by atoms with E-state index in [-0.39, 0.29) is 0 Å². The average Bonchev–Trinajstić information content (AvgIpc) is 2.05. The van der Waals surface area contributed by atoms with Crippen LogP contribution in [0.15, 0.2) is 0 Å². The van der Waals surface area contributed by atoms with E-state index in [0.29, 0.717) is 12.5 Å². The van der Waals surface area contributed by atoms with Gasteiger partial charge < -0.3 is 4.74 Å². The van der Waals surface area contributed by atoms with Gasteiger partial charge >= 0.3 is 5.97 Å². The van der Waals surface area contributed by atoms with Crippen LogP contribution in [0, 0.1) is 5.92 Å². The van der Waals surface area contributed by atoms with Crippen molar-refractivity contribution >= 4 is 5.97 Å². The summed E-state index contributed by atoms with van der Waals surface area (Å²) in [5.41, 5.74) is 0. The van der Waals surface area contributed by atoms with Gasteiger partial charge in [0.15, 0.2) is 0 Å². The molecule has 0 aliphatic heterocycles. The minimum Gasteiger partial charge on any atom is -0.465 e. The van der Waals surface area contributed by atoms with Gasteiger partial charge in [-0.05, 0) is 5.92 Å². The number of rotatable bonds is 5. The Kier molecular flexibility index (Phi) is 4.83. The van der Waals surface area contributed by atoms with Crippen molar-refractivity contribution in [3.8, 4) is 0 Å². The molecule has 1 atom stereocenters. The minimum absolute atomic E-state index is 0.415. The highest BCUT2D eigenvalue weighted by molar-refractivity contribution is 5.68. The first-order valence-corrected chi connectivity index (χ1v) is 4.20. The van der Waals surface area contributed by atoms with Crippen LogP contribution in [0.5, 0.6) is 0 Å². The molecule has 1 unspecified atom stereocenters. The van der Waals surface area contributed by atoms with Crippen LogP contribution in [0.3, 0.4) is 0 Å². The first-order valence-electron chi connectivity index (χ1n) is 4.78. The van der Waals surface area contributed by atoms with Crippen LogP contribution in [-0.2, 0) is 9.53 Å². The summed E-state index contributed by atoms with van der Waals surface area (Å²) >= 11 is 0. The first-order chi connectivity index (χ1) is 5.61. The molecule has 0 amide bonds. The summed E-state index contributed by atoms with van der Waals surface area (Å²) in [5, 5.41) is 0. The van der Waals surface area contributed by atoms with Crippen molar-refractivity contribution in [2.75, 3.05) is 6.61 Å². The molecule has 0 spiro atoms. The lowest BCUT2D eigenvalue weighted by Gasteiger charge is -2.11. The molecule has 0 rings (SSSR count). The Morgan fingerprint density at radius 3 is 2.36 bits per heavy atom. The summed E-state index contributed by atoms with van der Waals surface area (Å²) in [6, 6.07) is 0. The quantitative estimate of drug-likeness (QED) is 0.576. The molecule has 0 aromatic carbocycles. The van der Waals surface area contributed by atoms with E-state index in [2.05, 4.69) is 13.8 Å². The predicted molar refractivity (Wildman–Crippen MR) is 45.3 cm³/mol. The van der Waals surface area contributed by atoms with E-state index >= 15 is 0 Å². The van der Waals surface area contributed by atoms with Gasteiger partial charge in [-0.1, -0.05) is 33.6 Å². The topological polar surface area (TPSA) is 26.3 Å². The molecule has 2 heteroatoms. The molecule has 0 aromatic heterocycles. The smallest absolute Gasteiger partial charge is 0.305 e. The lowest BCUT2D eigenvalue weighted by atomic mass is 10.1. The first kappa shape index (κ1) is 8.57. The lowest BCUT2D eigenvalue weighted by molar-refractivity contribution is -0.144. The zero-order valence-electron chi connectivity index (χ0n) is 8.59. The molecule has 0 aromatic rings. The third kappa shape index (κ3) is 4.82. The molecule has 0 bridgehead atoms. The molecule has 0 aliphatic carbocycles. The van der Waals surface area contributed by atoms with E-state index in [0.717, 1.165) is 12.8 Å². The van der Waals surface area contributed by atoms with Crippen LogP contribution >= 0.6 is 0 Å². The molecule has 66 valence electrons. The van der Waals surface area contributed by atoms with Gasteiger partial charge in [-0.3, -0.25) is 4.79 Å². The molecular weight excluding hydrogens is 140 g/mol. The van der Waals surface area contributed by atoms with E-state index in [1.807, 2.05) is 0 Å². The van der Waals surface area contributed by atoms with Crippen LogP contribution in [0.2, 0.25) is 0 Å². The third-order valence-corrected chi connectivity index (χ3v) is 1.85. The van der Waals surface area contributed by atoms with Crippen LogP contribution in [0.1, 0.15) is 41.4 Å². The highest BCUT2D eigenvalue weighted by Gasteiger charge is 2.05. The molecule has 0 saturated carbocycles. The van der Waals surface area contributed by atoms with Crippen molar-refractivity contribution in [2.45, 2.75) is 40.0 Å². The Morgan fingerprint density at radius 1 is 1.45 bits per heavy atom. The monoisotopic (exact) mass is 159 g/mol. The highest BCUT2D eigenvalue weighted by atomic mass is 16.5. The fourth-order valence-corrected chi connectivity index (χ4v) is 0.808. The van der Waals surface area contributed by atoms with Gasteiger partial charge in [-0.25, -0.2) is 0 Å². The maximum absolute atomic E-state index is 10.9. The van der Waals surface area contributed by atoms with Crippen molar-refractivity contribution in [1.82, 2.24) is 0 Å². The van der Waals surface area contributed by atoms with Crippen molar-refractivity contribution in [2.24, 2.45) is 5.92 Å². The number of carbonyl (C=O) groups excluding carboxylic acids is 1. The molecule has 0 N–H and O–H groups in total. The Bertz CT molecular complexity index is 130. The van der Waals surface area contributed by atoms with E-state index in [1.54, 1.807) is 0 Å². The number of hydrogen-bond acceptors (Lipinski definition) is 2. The Morgan fingerprint density at radius 2 is 2.00 bits per heavy atom. The van der Waals surface area contributed by atoms with Crippen LogP contribution < -0.4 is 0 Å². The summed E-state index contributed by atoms with van der Waals surface area (Å²) < 4.78 is 12.0. The largest absolute Gasteiger partial charge is 0.465 e. The van der Waals surface area contributed by atoms with Crippen molar-refractivity contribution in [3.05, 3.63) is 0 Å². The number of esters is 1. The van der Waals surface area contributed by atoms with Gasteiger partial charge in [-0.2, -0.15) is 0 Å². The molecule has 2 nitrogen and oxygen atoms in total. The van der Waals surface area contributed by atoms with Crippen LogP contribution in [0.25, 0.3) is 0 Å². The SMILES string of the molecule is [2H]C(C)C(=O)OCC(CC)CC. The van der Waals surface area contributed by atoms with Gasteiger partial charge in [-0.15, -0.1) is 0 Å². The van der Waals surface area contributed by atoms with E-state index in [9.17, 15) is 4.79 Å². The summed E-state index contributed by atoms with van der Waals surface area (Å²) in [7, 11) is 0. The van der Waals surface area contributed by atoms with Crippen molar-refractivity contribution < 1.29 is 10.9 Å². The minimum atomic E-state index is -0.751. The van der Waals surface area contributed by atoms with Crippen LogP contribution in [-0.4, -0.2) is 12.6 Å². The molecule has 11 heavy (non-hydrogen) atoms. The van der Waals surface area contributed by atoms with Crippen molar-refractivity contribution in [3.63, 3.8) is 0 Å². The Labute approximate surface area is 70.3 Å². The molecule has 0 radical (unpaired) electrons. The zero-order valence-corrected chi connectivity index (χ0v) is 7.59. The average molecular weight is 159 g/mol. The summed E-state index contributed by atoms with van der Waals surface area (Å²) in [5.74, 6) is 0.0367. The van der Waals surface area contributed by atoms with E-state index in [1.165, 1.54) is 6.92 Å². The summed E-state index contributed by atoms with van der Waals surface area (Å²) in [6.45, 7) is 6.14. The molecular formula is C9H18O2. The van der Waals surface area contributed by atoms with Crippen molar-refractivity contribution in [1.29, 1.82) is 0 Å². The second kappa shape index (κ2) is 6.20. The second-order valence-electron chi connectivity index (χ2n) is 2.60. The maximum atomic E-state index is 10.9. The Hall–Kier alpha value is -0.530. The fraction of sp³-hybridized carbons (Fsp3) is 0.889. The molecule has 0 fully saturated rings. The fourth-order valence-electron chi connectivity index (χ4n) is 0.808. The number of carbonyl (C=O) groups is 1. The zero-order chi connectivity index (χ0) is 9.56. The van der Waals surface area contributed by atoms with Crippen LogP contribution in [0.4, 0.5) is 0 Å². The summed E-state index contributed by atoms with van der Waals surface area (Å²) in [6.07, 6.45) is 1.30. The standard InChI is InChI=1S/C9H18O2/c1-4-8(5-2)7-11-9(10)6-3/h8H,4-7H2,1-3H3/i6D. The maximum Gasteiger partial charge on any atom is 0.305 e. The van der Waals surface area contributed by atoms with Gasteiger partial charge in [0.05, 0.1) is 6.61 Å². The van der Waals surface area contributed by atoms with Gasteiger partial charge in [0.1, 0.15) is 0 Å². The third-order valence-electron chi connectivity index (χ3n) is 1.85. The van der Waals surface area contributed by atoms with E-state index in [4.69, 9.17) is 6.11 Å². The lowest BCUT2D eigenvalue weighted by Crippen LogP contribution is -2.11. The predicted octanol–water partition coefficient (Wildman–Crippen LogP) is 2.38. The van der Waals surface area contributed by atoms with Gasteiger partial charge in [0.25, 0.3) is 0 Å². The molecule has 0 heterocycles. The second-order valence-corrected chi connectivity index (χ2v) is 2.60. The Balaban J connectivity index is 3.59. The van der Waals surface area contributed by atoms with Gasteiger partial charge in [0.2, 0.25) is 0 Å². The number of ether oxygens (including phenoxy) is 1. The van der Waals surface area contributed by atoms with E-state index < -0.39 is 12.4 Å². The molecule has 0 aliphatic rings. The number of hydrogen-bond donors (Lipinski definition) is 0. The van der Waals surface area contributed by atoms with Gasteiger partial charge in [0, 0.05) is 7.77 Å². The highest BCUT2D eigenvalue weighted by Crippen LogP contribution is 2.07.